The zero-order valence-corrected chi connectivity index (χ0v) is 12.3. The number of H-pyrrole nitrogens is 1. The summed E-state index contributed by atoms with van der Waals surface area (Å²) < 4.78 is 33.3. The van der Waals surface area contributed by atoms with E-state index in [1.165, 1.54) is 16.8 Å². The number of aromatic nitrogens is 2. The van der Waals surface area contributed by atoms with Gasteiger partial charge in [-0.25, -0.2) is 4.79 Å². The van der Waals surface area contributed by atoms with Crippen LogP contribution in [0, 0.1) is 0 Å². The first-order valence-corrected chi connectivity index (χ1v) is 7.86. The van der Waals surface area contributed by atoms with Gasteiger partial charge in [0.1, 0.15) is 6.23 Å². The number of nitrogens with zero attached hydrogens (tertiary/aromatic N) is 1. The molecule has 0 aromatic carbocycles. The van der Waals surface area contributed by atoms with E-state index in [9.17, 15) is 18.0 Å². The van der Waals surface area contributed by atoms with E-state index >= 15 is 0 Å². The second-order valence-electron chi connectivity index (χ2n) is 4.27. The SMILES string of the molecule is CC[C@@H](COS(C)(=O)=O)O[C@H](C)n1ccc(=O)[nH]c1=O. The first kappa shape index (κ1) is 16.6. The van der Waals surface area contributed by atoms with Gasteiger partial charge in [0.25, 0.3) is 15.7 Å². The minimum absolute atomic E-state index is 0.127. The molecule has 1 aromatic rings. The average Bonchev–Trinajstić information content (AvgIpc) is 2.33. The predicted octanol–water partition coefficient (Wildman–Crippen LogP) is -0.173. The number of aromatic amines is 1. The topological polar surface area (TPSA) is 107 Å². The Morgan fingerprint density at radius 1 is 1.40 bits per heavy atom. The van der Waals surface area contributed by atoms with Crippen LogP contribution in [0.1, 0.15) is 26.5 Å². The van der Waals surface area contributed by atoms with E-state index < -0.39 is 33.7 Å². The number of nitrogens with one attached hydrogen (secondary N) is 1. The molecular weight excluding hydrogens is 288 g/mol. The maximum absolute atomic E-state index is 11.6. The molecule has 0 aliphatic carbocycles. The van der Waals surface area contributed by atoms with Gasteiger partial charge in [-0.15, -0.1) is 0 Å². The predicted molar refractivity (Wildman–Crippen MR) is 72.0 cm³/mol. The molecular formula is C11H18N2O6S. The summed E-state index contributed by atoms with van der Waals surface area (Å²) in [5.41, 5.74) is -1.09. The fraction of sp³-hybridized carbons (Fsp3) is 0.636. The number of hydrogen-bond donors (Lipinski definition) is 1. The number of hydrogen-bond acceptors (Lipinski definition) is 6. The first-order valence-electron chi connectivity index (χ1n) is 6.04. The van der Waals surface area contributed by atoms with E-state index in [1.54, 1.807) is 13.8 Å². The van der Waals surface area contributed by atoms with E-state index in [0.29, 0.717) is 6.42 Å². The van der Waals surface area contributed by atoms with Gasteiger partial charge in [0.2, 0.25) is 0 Å². The van der Waals surface area contributed by atoms with Crippen LogP contribution in [0.2, 0.25) is 0 Å². The molecule has 1 heterocycles. The molecule has 1 aromatic heterocycles. The van der Waals surface area contributed by atoms with Gasteiger partial charge in [0, 0.05) is 12.3 Å². The second-order valence-corrected chi connectivity index (χ2v) is 5.92. The highest BCUT2D eigenvalue weighted by Crippen LogP contribution is 2.11. The van der Waals surface area contributed by atoms with Crippen LogP contribution in [0.25, 0.3) is 0 Å². The van der Waals surface area contributed by atoms with E-state index in [4.69, 9.17) is 4.74 Å². The van der Waals surface area contributed by atoms with Crippen LogP contribution in [-0.4, -0.2) is 36.9 Å². The lowest BCUT2D eigenvalue weighted by Crippen LogP contribution is -2.34. The second kappa shape index (κ2) is 6.82. The number of rotatable bonds is 7. The Hall–Kier alpha value is -1.45. The molecule has 9 heteroatoms. The molecule has 0 saturated heterocycles. The Bertz CT molecular complexity index is 647. The molecule has 114 valence electrons. The molecule has 0 aliphatic heterocycles. The summed E-state index contributed by atoms with van der Waals surface area (Å²) in [6.45, 7) is 3.29. The lowest BCUT2D eigenvalue weighted by molar-refractivity contribution is -0.0631. The highest BCUT2D eigenvalue weighted by Gasteiger charge is 2.16. The van der Waals surface area contributed by atoms with Crippen molar-refractivity contribution in [2.75, 3.05) is 12.9 Å². The highest BCUT2D eigenvalue weighted by atomic mass is 32.2. The van der Waals surface area contributed by atoms with Gasteiger partial charge in [-0.05, 0) is 13.3 Å². The smallest absolute Gasteiger partial charge is 0.330 e. The molecule has 0 fully saturated rings. The molecule has 0 bridgehead atoms. The molecule has 2 atom stereocenters. The van der Waals surface area contributed by atoms with E-state index in [0.717, 1.165) is 6.26 Å². The summed E-state index contributed by atoms with van der Waals surface area (Å²) in [7, 11) is -3.54. The maximum Gasteiger partial charge on any atom is 0.330 e. The van der Waals surface area contributed by atoms with Crippen molar-refractivity contribution in [3.05, 3.63) is 33.1 Å². The third kappa shape index (κ3) is 5.27. The van der Waals surface area contributed by atoms with Gasteiger partial charge < -0.3 is 4.74 Å². The van der Waals surface area contributed by atoms with E-state index in [1.807, 2.05) is 0 Å². The van der Waals surface area contributed by atoms with Crippen molar-refractivity contribution in [3.8, 4) is 0 Å². The largest absolute Gasteiger partial charge is 0.352 e. The standard InChI is InChI=1S/C11H18N2O6S/c1-4-9(7-18-20(3,16)17)19-8(2)13-6-5-10(14)12-11(13)15/h5-6,8-9H,4,7H2,1-3H3,(H,12,14,15)/t8-,9+/m1/s1. The van der Waals surface area contributed by atoms with Crippen molar-refractivity contribution in [2.24, 2.45) is 0 Å². The molecule has 0 unspecified atom stereocenters. The third-order valence-corrected chi connectivity index (χ3v) is 3.12. The van der Waals surface area contributed by atoms with Crippen LogP contribution in [-0.2, 0) is 19.0 Å². The summed E-state index contributed by atoms with van der Waals surface area (Å²) in [4.78, 5) is 24.6. The minimum atomic E-state index is -3.54. The Morgan fingerprint density at radius 3 is 2.55 bits per heavy atom. The third-order valence-electron chi connectivity index (χ3n) is 2.56. The quantitative estimate of drug-likeness (QED) is 0.701. The van der Waals surface area contributed by atoms with Crippen LogP contribution < -0.4 is 11.2 Å². The lowest BCUT2D eigenvalue weighted by Gasteiger charge is -2.22. The van der Waals surface area contributed by atoms with Crippen molar-refractivity contribution in [3.63, 3.8) is 0 Å². The fourth-order valence-corrected chi connectivity index (χ4v) is 1.91. The first-order chi connectivity index (χ1) is 9.23. The fourth-order valence-electron chi connectivity index (χ4n) is 1.51. The molecule has 0 amide bonds. The Kier molecular flexibility index (Phi) is 5.66. The molecule has 0 radical (unpaired) electrons. The van der Waals surface area contributed by atoms with Crippen LogP contribution >= 0.6 is 0 Å². The zero-order valence-electron chi connectivity index (χ0n) is 11.5. The van der Waals surface area contributed by atoms with Gasteiger partial charge in [0.15, 0.2) is 0 Å². The summed E-state index contributed by atoms with van der Waals surface area (Å²) >= 11 is 0. The summed E-state index contributed by atoms with van der Waals surface area (Å²) in [5.74, 6) is 0. The van der Waals surface area contributed by atoms with Gasteiger partial charge in [0.05, 0.1) is 19.0 Å². The van der Waals surface area contributed by atoms with Crippen molar-refractivity contribution in [1.82, 2.24) is 9.55 Å². The van der Waals surface area contributed by atoms with Crippen molar-refractivity contribution >= 4 is 10.1 Å². The Labute approximate surface area is 116 Å². The van der Waals surface area contributed by atoms with Crippen LogP contribution in [0.15, 0.2) is 21.9 Å². The zero-order chi connectivity index (χ0) is 15.3. The van der Waals surface area contributed by atoms with Gasteiger partial charge in [-0.2, -0.15) is 8.42 Å². The average molecular weight is 306 g/mol. The monoisotopic (exact) mass is 306 g/mol. The molecule has 8 nitrogen and oxygen atoms in total. The molecule has 1 N–H and O–H groups in total. The van der Waals surface area contributed by atoms with Gasteiger partial charge in [-0.1, -0.05) is 6.92 Å². The van der Waals surface area contributed by atoms with Crippen LogP contribution in [0.4, 0.5) is 0 Å². The van der Waals surface area contributed by atoms with Crippen molar-refractivity contribution < 1.29 is 17.3 Å². The van der Waals surface area contributed by atoms with E-state index in [-0.39, 0.29) is 6.61 Å². The van der Waals surface area contributed by atoms with Crippen molar-refractivity contribution in [2.45, 2.75) is 32.6 Å². The molecule has 20 heavy (non-hydrogen) atoms. The van der Waals surface area contributed by atoms with Gasteiger partial charge >= 0.3 is 5.69 Å². The van der Waals surface area contributed by atoms with Crippen LogP contribution in [0.3, 0.4) is 0 Å². The van der Waals surface area contributed by atoms with Crippen LogP contribution in [0.5, 0.6) is 0 Å². The van der Waals surface area contributed by atoms with Crippen molar-refractivity contribution in [1.29, 1.82) is 0 Å². The lowest BCUT2D eigenvalue weighted by atomic mass is 10.3. The molecule has 1 rings (SSSR count). The maximum atomic E-state index is 11.6. The number of ether oxygens (including phenoxy) is 1. The Morgan fingerprint density at radius 2 is 2.05 bits per heavy atom. The summed E-state index contributed by atoms with van der Waals surface area (Å²) in [6, 6.07) is 1.20. The molecule has 0 saturated carbocycles. The Balaban J connectivity index is 2.74. The molecule has 0 aliphatic rings. The summed E-state index contributed by atoms with van der Waals surface area (Å²) in [5, 5.41) is 0. The molecule has 0 spiro atoms. The van der Waals surface area contributed by atoms with Gasteiger partial charge in [-0.3, -0.25) is 18.5 Å². The normalized spacial score (nSPS) is 14.9. The summed E-state index contributed by atoms with van der Waals surface area (Å²) in [6.07, 6.45) is 1.63. The van der Waals surface area contributed by atoms with E-state index in [2.05, 4.69) is 9.17 Å². The highest BCUT2D eigenvalue weighted by molar-refractivity contribution is 7.85. The minimum Gasteiger partial charge on any atom is -0.352 e.